The van der Waals surface area contributed by atoms with Gasteiger partial charge in [0.1, 0.15) is 5.69 Å². The van der Waals surface area contributed by atoms with E-state index < -0.39 is 5.97 Å². The number of hydrogen-bond acceptors (Lipinski definition) is 7. The predicted molar refractivity (Wildman–Crippen MR) is 87.1 cm³/mol. The summed E-state index contributed by atoms with van der Waals surface area (Å²) in [5.74, 6) is 0.399. The molecule has 3 heterocycles. The second-order valence-electron chi connectivity index (χ2n) is 5.27. The highest BCUT2D eigenvalue weighted by atomic mass is 32.1. The number of nitrogens with zero attached hydrogens (tertiary/aromatic N) is 4. The molecule has 9 heteroatoms. The molecular formula is C15H16N4O4S. The first-order chi connectivity index (χ1) is 11.5. The zero-order chi connectivity index (χ0) is 17.3. The normalized spacial score (nSPS) is 11.0. The summed E-state index contributed by atoms with van der Waals surface area (Å²) in [5, 5.41) is 5.75. The zero-order valence-electron chi connectivity index (χ0n) is 13.5. The zero-order valence-corrected chi connectivity index (χ0v) is 14.3. The molecule has 0 atom stereocenters. The maximum absolute atomic E-state index is 11.7. The van der Waals surface area contributed by atoms with Gasteiger partial charge in [-0.05, 0) is 13.0 Å². The van der Waals surface area contributed by atoms with Crippen LogP contribution in [0.4, 0.5) is 0 Å². The highest BCUT2D eigenvalue weighted by molar-refractivity contribution is 7.07. The van der Waals surface area contributed by atoms with Crippen molar-refractivity contribution in [3.63, 3.8) is 0 Å². The van der Waals surface area contributed by atoms with Crippen LogP contribution in [0.2, 0.25) is 0 Å². The molecule has 0 radical (unpaired) electrons. The van der Waals surface area contributed by atoms with E-state index >= 15 is 0 Å². The summed E-state index contributed by atoms with van der Waals surface area (Å²) in [6.45, 7) is 2.37. The van der Waals surface area contributed by atoms with Crippen LogP contribution in [0.1, 0.15) is 22.1 Å². The Morgan fingerprint density at radius 2 is 2.25 bits per heavy atom. The first-order valence-corrected chi connectivity index (χ1v) is 8.10. The van der Waals surface area contributed by atoms with Crippen molar-refractivity contribution in [2.45, 2.75) is 19.9 Å². The van der Waals surface area contributed by atoms with Crippen LogP contribution in [0.15, 0.2) is 27.0 Å². The molecular weight excluding hydrogens is 332 g/mol. The van der Waals surface area contributed by atoms with Gasteiger partial charge in [-0.2, -0.15) is 4.98 Å². The molecule has 0 fully saturated rings. The lowest BCUT2D eigenvalue weighted by molar-refractivity contribution is 0.0590. The third-order valence-corrected chi connectivity index (χ3v) is 4.53. The average molecular weight is 348 g/mol. The number of aromatic nitrogens is 4. The number of hydrogen-bond donors (Lipinski definition) is 0. The fraction of sp³-hybridized carbons (Fsp3) is 0.333. The van der Waals surface area contributed by atoms with Crippen LogP contribution in [0.3, 0.4) is 0 Å². The first kappa shape index (κ1) is 16.2. The van der Waals surface area contributed by atoms with Gasteiger partial charge in [-0.25, -0.2) is 4.79 Å². The summed E-state index contributed by atoms with van der Waals surface area (Å²) in [4.78, 5) is 27.7. The standard InChI is InChI=1S/C15H16N4O4S/c1-9-8-24-15(21)19(9)5-4-12-16-13(17-23-12)10-6-11(14(20)22-3)18(2)7-10/h6-8H,4-5H2,1-3H3. The van der Waals surface area contributed by atoms with Gasteiger partial charge in [0, 0.05) is 42.8 Å². The van der Waals surface area contributed by atoms with Crippen molar-refractivity contribution >= 4 is 17.3 Å². The molecule has 3 rings (SSSR count). The molecule has 0 aliphatic carbocycles. The van der Waals surface area contributed by atoms with E-state index in [1.165, 1.54) is 18.4 Å². The lowest BCUT2D eigenvalue weighted by Gasteiger charge is -2.00. The monoisotopic (exact) mass is 348 g/mol. The maximum atomic E-state index is 11.7. The third-order valence-electron chi connectivity index (χ3n) is 3.65. The molecule has 3 aromatic rings. The third kappa shape index (κ3) is 3.02. The van der Waals surface area contributed by atoms with Gasteiger partial charge in [0.25, 0.3) is 0 Å². The van der Waals surface area contributed by atoms with Gasteiger partial charge in [-0.3, -0.25) is 4.79 Å². The van der Waals surface area contributed by atoms with Crippen LogP contribution < -0.4 is 4.87 Å². The van der Waals surface area contributed by atoms with Crippen molar-refractivity contribution in [1.29, 1.82) is 0 Å². The largest absolute Gasteiger partial charge is 0.464 e. The van der Waals surface area contributed by atoms with E-state index in [2.05, 4.69) is 10.1 Å². The Morgan fingerprint density at radius 3 is 2.92 bits per heavy atom. The summed E-state index contributed by atoms with van der Waals surface area (Å²) in [5.41, 5.74) is 1.98. The van der Waals surface area contributed by atoms with Gasteiger partial charge < -0.3 is 18.4 Å². The fourth-order valence-electron chi connectivity index (χ4n) is 2.35. The van der Waals surface area contributed by atoms with E-state index in [4.69, 9.17) is 9.26 Å². The molecule has 24 heavy (non-hydrogen) atoms. The van der Waals surface area contributed by atoms with Gasteiger partial charge >= 0.3 is 10.8 Å². The van der Waals surface area contributed by atoms with Crippen LogP contribution in [0, 0.1) is 6.92 Å². The van der Waals surface area contributed by atoms with Gasteiger partial charge in [0.15, 0.2) is 0 Å². The average Bonchev–Trinajstić information content (AvgIpc) is 3.25. The van der Waals surface area contributed by atoms with E-state index in [-0.39, 0.29) is 4.87 Å². The van der Waals surface area contributed by atoms with E-state index in [0.717, 1.165) is 5.69 Å². The number of methoxy groups -OCH3 is 1. The molecule has 0 amide bonds. The van der Waals surface area contributed by atoms with E-state index in [1.54, 1.807) is 28.4 Å². The molecule has 3 aromatic heterocycles. The van der Waals surface area contributed by atoms with Crippen LogP contribution in [-0.2, 0) is 24.8 Å². The first-order valence-electron chi connectivity index (χ1n) is 7.22. The molecule has 0 saturated heterocycles. The smallest absolute Gasteiger partial charge is 0.354 e. The lowest BCUT2D eigenvalue weighted by atomic mass is 10.3. The number of aryl methyl sites for hydroxylation is 3. The highest BCUT2D eigenvalue weighted by Gasteiger charge is 2.16. The minimum atomic E-state index is -0.431. The van der Waals surface area contributed by atoms with Crippen molar-refractivity contribution in [3.05, 3.63) is 44.6 Å². The molecule has 126 valence electrons. The fourth-order valence-corrected chi connectivity index (χ4v) is 3.11. The summed E-state index contributed by atoms with van der Waals surface area (Å²) >= 11 is 1.17. The number of carbonyl (C=O) groups excluding carboxylic acids is 1. The summed E-state index contributed by atoms with van der Waals surface area (Å²) < 4.78 is 13.3. The molecule has 0 unspecified atom stereocenters. The second-order valence-corrected chi connectivity index (χ2v) is 6.09. The quantitative estimate of drug-likeness (QED) is 0.651. The van der Waals surface area contributed by atoms with Crippen molar-refractivity contribution in [2.24, 2.45) is 7.05 Å². The minimum Gasteiger partial charge on any atom is -0.464 e. The Bertz CT molecular complexity index is 934. The Labute approximate surface area is 141 Å². The summed E-state index contributed by atoms with van der Waals surface area (Å²) in [6, 6.07) is 1.65. The van der Waals surface area contributed by atoms with Gasteiger partial charge in [-0.15, -0.1) is 0 Å². The van der Waals surface area contributed by atoms with Gasteiger partial charge in [0.05, 0.1) is 7.11 Å². The molecule has 0 saturated carbocycles. The number of thiazole rings is 1. The second kappa shape index (κ2) is 6.44. The van der Waals surface area contributed by atoms with Gasteiger partial charge in [-0.1, -0.05) is 16.5 Å². The molecule has 8 nitrogen and oxygen atoms in total. The molecule has 0 N–H and O–H groups in total. The van der Waals surface area contributed by atoms with Crippen molar-refractivity contribution in [3.8, 4) is 11.4 Å². The van der Waals surface area contributed by atoms with Crippen LogP contribution in [-0.4, -0.2) is 32.4 Å². The molecule has 0 aliphatic rings. The van der Waals surface area contributed by atoms with Crippen molar-refractivity contribution in [1.82, 2.24) is 19.3 Å². The predicted octanol–water partition coefficient (Wildman–Crippen LogP) is 1.64. The van der Waals surface area contributed by atoms with Crippen molar-refractivity contribution < 1.29 is 14.1 Å². The van der Waals surface area contributed by atoms with E-state index in [0.29, 0.717) is 35.9 Å². The minimum absolute atomic E-state index is 0.00184. The van der Waals surface area contributed by atoms with E-state index in [1.807, 2.05) is 12.3 Å². The molecule has 0 aliphatic heterocycles. The van der Waals surface area contributed by atoms with Crippen molar-refractivity contribution in [2.75, 3.05) is 7.11 Å². The van der Waals surface area contributed by atoms with E-state index in [9.17, 15) is 9.59 Å². The Hall–Kier alpha value is -2.68. The SMILES string of the molecule is COC(=O)c1cc(-c2noc(CCn3c(C)csc3=O)n2)cn1C. The summed E-state index contributed by atoms with van der Waals surface area (Å²) in [6.07, 6.45) is 2.19. The van der Waals surface area contributed by atoms with Gasteiger partial charge in [0.2, 0.25) is 11.7 Å². The Balaban J connectivity index is 1.76. The number of carbonyl (C=O) groups is 1. The number of rotatable bonds is 5. The van der Waals surface area contributed by atoms with Crippen LogP contribution in [0.25, 0.3) is 11.4 Å². The molecule has 0 spiro atoms. The van der Waals surface area contributed by atoms with Crippen LogP contribution >= 0.6 is 11.3 Å². The maximum Gasteiger partial charge on any atom is 0.354 e. The topological polar surface area (TPSA) is 92.2 Å². The molecule has 0 bridgehead atoms. The lowest BCUT2D eigenvalue weighted by Crippen LogP contribution is -2.16. The number of esters is 1. The van der Waals surface area contributed by atoms with Crippen LogP contribution in [0.5, 0.6) is 0 Å². The number of ether oxygens (including phenoxy) is 1. The highest BCUT2D eigenvalue weighted by Crippen LogP contribution is 2.19. The Kier molecular flexibility index (Phi) is 4.34. The molecule has 0 aromatic carbocycles. The Morgan fingerprint density at radius 1 is 1.46 bits per heavy atom. The summed E-state index contributed by atoms with van der Waals surface area (Å²) in [7, 11) is 3.07.